The Bertz CT molecular complexity index is 365. The first kappa shape index (κ1) is 11.6. The van der Waals surface area contributed by atoms with Crippen LogP contribution in [0.25, 0.3) is 0 Å². The van der Waals surface area contributed by atoms with E-state index in [1.54, 1.807) is 0 Å². The average molecular weight is 222 g/mol. The lowest BCUT2D eigenvalue weighted by molar-refractivity contribution is 0.363. The monoisotopic (exact) mass is 222 g/mol. The third kappa shape index (κ3) is 1.75. The predicted molar refractivity (Wildman–Crippen MR) is 64.2 cm³/mol. The zero-order valence-corrected chi connectivity index (χ0v) is 10.5. The van der Waals surface area contributed by atoms with Crippen molar-refractivity contribution >= 4 is 0 Å². The van der Waals surface area contributed by atoms with E-state index in [1.165, 1.54) is 6.42 Å². The summed E-state index contributed by atoms with van der Waals surface area (Å²) in [5.74, 6) is 2.96. The summed E-state index contributed by atoms with van der Waals surface area (Å²) in [6, 6.07) is 0. The first-order valence-corrected chi connectivity index (χ1v) is 6.23. The predicted octanol–water partition coefficient (Wildman–Crippen LogP) is 1.49. The van der Waals surface area contributed by atoms with Crippen LogP contribution in [-0.4, -0.2) is 21.3 Å². The Hall–Kier alpha value is -0.900. The highest BCUT2D eigenvalue weighted by Crippen LogP contribution is 2.28. The van der Waals surface area contributed by atoms with Crippen molar-refractivity contribution in [2.24, 2.45) is 11.7 Å². The summed E-state index contributed by atoms with van der Waals surface area (Å²) >= 11 is 0. The molecule has 2 unspecified atom stereocenters. The molecule has 0 fully saturated rings. The van der Waals surface area contributed by atoms with Gasteiger partial charge in [0.15, 0.2) is 0 Å². The van der Waals surface area contributed by atoms with Crippen LogP contribution in [0.5, 0.6) is 0 Å². The Balaban J connectivity index is 2.37. The smallest absolute Gasteiger partial charge is 0.140 e. The summed E-state index contributed by atoms with van der Waals surface area (Å²) in [5.41, 5.74) is 5.87. The molecule has 2 N–H and O–H groups in total. The maximum absolute atomic E-state index is 5.89. The molecule has 0 bridgehead atoms. The molecule has 1 aromatic heterocycles. The number of aromatic nitrogens is 3. The normalized spacial score (nSPS) is 23.9. The van der Waals surface area contributed by atoms with Gasteiger partial charge in [-0.25, -0.2) is 0 Å². The maximum atomic E-state index is 5.89. The number of hydrogen-bond donors (Lipinski definition) is 1. The highest BCUT2D eigenvalue weighted by Gasteiger charge is 2.31. The van der Waals surface area contributed by atoms with E-state index in [4.69, 9.17) is 5.73 Å². The fourth-order valence-electron chi connectivity index (χ4n) is 2.32. The van der Waals surface area contributed by atoms with Crippen LogP contribution in [-0.2, 0) is 18.4 Å². The number of hydrogen-bond acceptors (Lipinski definition) is 3. The van der Waals surface area contributed by atoms with Crippen molar-refractivity contribution in [1.29, 1.82) is 0 Å². The highest BCUT2D eigenvalue weighted by atomic mass is 15.3. The Morgan fingerprint density at radius 1 is 1.50 bits per heavy atom. The summed E-state index contributed by atoms with van der Waals surface area (Å²) in [5, 5.41) is 8.71. The van der Waals surface area contributed by atoms with E-state index in [9.17, 15) is 0 Å². The Morgan fingerprint density at radius 3 is 2.88 bits per heavy atom. The molecule has 0 spiro atoms. The average Bonchev–Trinajstić information content (AvgIpc) is 2.71. The van der Waals surface area contributed by atoms with Gasteiger partial charge in [0.2, 0.25) is 0 Å². The van der Waals surface area contributed by atoms with E-state index in [0.29, 0.717) is 6.54 Å². The molecule has 0 saturated heterocycles. The fourth-order valence-corrected chi connectivity index (χ4v) is 2.32. The lowest BCUT2D eigenvalue weighted by atomic mass is 9.86. The Labute approximate surface area is 97.2 Å². The zero-order chi connectivity index (χ0) is 11.8. The first-order chi connectivity index (χ1) is 7.60. The molecule has 2 rings (SSSR count). The van der Waals surface area contributed by atoms with Crippen LogP contribution in [0, 0.1) is 5.92 Å². The molecule has 0 aliphatic carbocycles. The Morgan fingerprint density at radius 2 is 2.25 bits per heavy atom. The molecule has 90 valence electrons. The molecule has 1 aliphatic rings. The van der Waals surface area contributed by atoms with Crippen LogP contribution >= 0.6 is 0 Å². The zero-order valence-electron chi connectivity index (χ0n) is 10.5. The SMILES string of the molecule is CCC(C)(CN)c1nnc2n1CCC(C)C2. The van der Waals surface area contributed by atoms with Crippen LogP contribution in [0.3, 0.4) is 0 Å². The topological polar surface area (TPSA) is 56.7 Å². The van der Waals surface area contributed by atoms with Gasteiger partial charge >= 0.3 is 0 Å². The largest absolute Gasteiger partial charge is 0.329 e. The van der Waals surface area contributed by atoms with Crippen molar-refractivity contribution in [3.63, 3.8) is 0 Å². The second-order valence-corrected chi connectivity index (χ2v) is 5.31. The van der Waals surface area contributed by atoms with Gasteiger partial charge in [0.25, 0.3) is 0 Å². The lowest BCUT2D eigenvalue weighted by Gasteiger charge is -2.28. The van der Waals surface area contributed by atoms with Gasteiger partial charge in [-0.1, -0.05) is 20.8 Å². The quantitative estimate of drug-likeness (QED) is 0.843. The van der Waals surface area contributed by atoms with E-state index in [2.05, 4.69) is 35.5 Å². The number of nitrogens with zero attached hydrogens (tertiary/aromatic N) is 3. The van der Waals surface area contributed by atoms with Crippen molar-refractivity contribution < 1.29 is 0 Å². The fraction of sp³-hybridized carbons (Fsp3) is 0.833. The molecule has 1 aromatic rings. The standard InChI is InChI=1S/C12H22N4/c1-4-12(3,8-13)11-15-14-10-7-9(2)5-6-16(10)11/h9H,4-8,13H2,1-3H3. The summed E-state index contributed by atoms with van der Waals surface area (Å²) in [7, 11) is 0. The molecule has 2 heterocycles. The van der Waals surface area contributed by atoms with E-state index in [0.717, 1.165) is 37.0 Å². The second-order valence-electron chi connectivity index (χ2n) is 5.31. The lowest BCUT2D eigenvalue weighted by Crippen LogP contribution is -2.35. The van der Waals surface area contributed by atoms with E-state index >= 15 is 0 Å². The van der Waals surface area contributed by atoms with Crippen molar-refractivity contribution in [1.82, 2.24) is 14.8 Å². The van der Waals surface area contributed by atoms with Gasteiger partial charge in [0.05, 0.1) is 0 Å². The number of fused-ring (bicyclic) bond motifs is 1. The number of rotatable bonds is 3. The van der Waals surface area contributed by atoms with Gasteiger partial charge in [0.1, 0.15) is 11.6 Å². The molecule has 0 radical (unpaired) electrons. The summed E-state index contributed by atoms with van der Waals surface area (Å²) in [6.45, 7) is 8.31. The van der Waals surface area contributed by atoms with Crippen LogP contribution in [0.1, 0.15) is 45.3 Å². The van der Waals surface area contributed by atoms with Crippen LogP contribution in [0.15, 0.2) is 0 Å². The number of nitrogens with two attached hydrogens (primary N) is 1. The summed E-state index contributed by atoms with van der Waals surface area (Å²) in [4.78, 5) is 0. The van der Waals surface area contributed by atoms with Crippen LogP contribution < -0.4 is 5.73 Å². The van der Waals surface area contributed by atoms with Crippen LogP contribution in [0.2, 0.25) is 0 Å². The molecular formula is C12H22N4. The van der Waals surface area contributed by atoms with Crippen LogP contribution in [0.4, 0.5) is 0 Å². The van der Waals surface area contributed by atoms with E-state index < -0.39 is 0 Å². The van der Waals surface area contributed by atoms with Crippen molar-refractivity contribution in [3.05, 3.63) is 11.6 Å². The minimum Gasteiger partial charge on any atom is -0.329 e. The highest BCUT2D eigenvalue weighted by molar-refractivity contribution is 5.11. The molecular weight excluding hydrogens is 200 g/mol. The minimum atomic E-state index is -0.0220. The van der Waals surface area contributed by atoms with Gasteiger partial charge in [-0.3, -0.25) is 0 Å². The molecule has 4 nitrogen and oxygen atoms in total. The molecule has 2 atom stereocenters. The molecule has 0 aromatic carbocycles. The third-order valence-corrected chi connectivity index (χ3v) is 3.97. The van der Waals surface area contributed by atoms with Gasteiger partial charge in [-0.15, -0.1) is 10.2 Å². The first-order valence-electron chi connectivity index (χ1n) is 6.23. The van der Waals surface area contributed by atoms with Gasteiger partial charge in [-0.2, -0.15) is 0 Å². The second kappa shape index (κ2) is 4.17. The van der Waals surface area contributed by atoms with Crippen molar-refractivity contribution in [2.75, 3.05) is 6.54 Å². The summed E-state index contributed by atoms with van der Waals surface area (Å²) in [6.07, 6.45) is 3.29. The maximum Gasteiger partial charge on any atom is 0.140 e. The summed E-state index contributed by atoms with van der Waals surface area (Å²) < 4.78 is 2.29. The van der Waals surface area contributed by atoms with Gasteiger partial charge in [0, 0.05) is 24.9 Å². The molecule has 0 saturated carbocycles. The van der Waals surface area contributed by atoms with Gasteiger partial charge in [-0.05, 0) is 18.8 Å². The van der Waals surface area contributed by atoms with Crippen molar-refractivity contribution in [3.8, 4) is 0 Å². The molecule has 0 amide bonds. The van der Waals surface area contributed by atoms with Crippen molar-refractivity contribution in [2.45, 2.75) is 52.0 Å². The van der Waals surface area contributed by atoms with Gasteiger partial charge < -0.3 is 10.3 Å². The molecule has 4 heteroatoms. The van der Waals surface area contributed by atoms with E-state index in [-0.39, 0.29) is 5.41 Å². The molecule has 16 heavy (non-hydrogen) atoms. The third-order valence-electron chi connectivity index (χ3n) is 3.97. The minimum absolute atomic E-state index is 0.0220. The van der Waals surface area contributed by atoms with E-state index in [1.807, 2.05) is 0 Å². The Kier molecular flexibility index (Phi) is 3.02. The molecule has 1 aliphatic heterocycles.